The van der Waals surface area contributed by atoms with E-state index >= 15 is 0 Å². The van der Waals surface area contributed by atoms with E-state index in [1.807, 2.05) is 29.5 Å². The molecule has 5 aliphatic rings. The first kappa shape index (κ1) is 21.7. The van der Waals surface area contributed by atoms with Gasteiger partial charge in [0.15, 0.2) is 11.5 Å². The molecule has 4 aliphatic carbocycles. The van der Waals surface area contributed by atoms with Crippen LogP contribution in [0, 0.1) is 26.7 Å². The smallest absolute Gasteiger partial charge is 0.331 e. The van der Waals surface area contributed by atoms with Crippen molar-refractivity contribution in [3.8, 4) is 11.5 Å². The number of urea groups is 1. The van der Waals surface area contributed by atoms with Gasteiger partial charge in [-0.3, -0.25) is 19.8 Å². The van der Waals surface area contributed by atoms with Gasteiger partial charge in [-0.25, -0.2) is 4.79 Å². The Morgan fingerprint density at radius 2 is 1.75 bits per heavy atom. The van der Waals surface area contributed by atoms with Crippen LogP contribution in [-0.2, 0) is 9.59 Å². The van der Waals surface area contributed by atoms with Crippen molar-refractivity contribution in [1.29, 1.82) is 0 Å². The quantitative estimate of drug-likeness (QED) is 0.335. The van der Waals surface area contributed by atoms with Crippen molar-refractivity contribution in [2.75, 3.05) is 7.11 Å². The number of ether oxygens (including phenoxy) is 1. The van der Waals surface area contributed by atoms with Gasteiger partial charge in [-0.1, -0.05) is 0 Å². The van der Waals surface area contributed by atoms with Gasteiger partial charge in [0.2, 0.25) is 0 Å². The predicted molar refractivity (Wildman–Crippen MR) is 126 cm³/mol. The Hall–Kier alpha value is -2.10. The Kier molecular flexibility index (Phi) is 5.26. The van der Waals surface area contributed by atoms with Crippen LogP contribution in [0.15, 0.2) is 17.7 Å². The number of amides is 4. The molecular formula is C24H27IN2O5. The molecule has 8 heteroatoms. The van der Waals surface area contributed by atoms with Crippen LogP contribution in [-0.4, -0.2) is 41.0 Å². The number of hydrogen-bond acceptors (Lipinski definition) is 5. The third-order valence-corrected chi connectivity index (χ3v) is 8.90. The Bertz CT molecular complexity index is 1010. The molecule has 7 nitrogen and oxygen atoms in total. The van der Waals surface area contributed by atoms with Gasteiger partial charge in [0.1, 0.15) is 5.57 Å². The van der Waals surface area contributed by atoms with Gasteiger partial charge >= 0.3 is 6.03 Å². The van der Waals surface area contributed by atoms with E-state index in [4.69, 9.17) is 4.74 Å². The molecule has 0 unspecified atom stereocenters. The lowest BCUT2D eigenvalue weighted by Crippen LogP contribution is -2.63. The minimum atomic E-state index is -0.698. The number of hydrogen-bond donors (Lipinski definition) is 2. The van der Waals surface area contributed by atoms with E-state index in [9.17, 15) is 19.5 Å². The number of halogens is 1. The highest BCUT2D eigenvalue weighted by Gasteiger charge is 2.56. The summed E-state index contributed by atoms with van der Waals surface area (Å²) in [6.45, 7) is 1.98. The van der Waals surface area contributed by atoms with Gasteiger partial charge in [-0.15, -0.1) is 0 Å². The summed E-state index contributed by atoms with van der Waals surface area (Å²) in [5.74, 6) is 1.07. The molecule has 1 saturated heterocycles. The zero-order valence-corrected chi connectivity index (χ0v) is 20.3. The number of methoxy groups -OCH3 is 1. The van der Waals surface area contributed by atoms with Crippen molar-refractivity contribution >= 4 is 46.5 Å². The van der Waals surface area contributed by atoms with Crippen molar-refractivity contribution in [2.45, 2.75) is 51.5 Å². The molecule has 1 heterocycles. The molecule has 4 bridgehead atoms. The van der Waals surface area contributed by atoms with Crippen LogP contribution in [0.25, 0.3) is 6.08 Å². The molecular weight excluding hydrogens is 523 g/mol. The van der Waals surface area contributed by atoms with E-state index < -0.39 is 17.8 Å². The molecule has 0 aromatic heterocycles. The van der Waals surface area contributed by atoms with Crippen LogP contribution in [0.5, 0.6) is 11.5 Å². The molecule has 1 aliphatic heterocycles. The number of nitrogens with zero attached hydrogens (tertiary/aromatic N) is 1. The lowest BCUT2D eigenvalue weighted by Gasteiger charge is -2.60. The molecule has 4 amide bonds. The number of carbonyl (C=O) groups excluding carboxylic acids is 3. The lowest BCUT2D eigenvalue weighted by molar-refractivity contribution is -0.139. The summed E-state index contributed by atoms with van der Waals surface area (Å²) in [7, 11) is 1.44. The molecule has 170 valence electrons. The first-order valence-electron chi connectivity index (χ1n) is 11.2. The van der Waals surface area contributed by atoms with E-state index in [0.29, 0.717) is 26.9 Å². The number of rotatable bonds is 4. The average Bonchev–Trinajstić information content (AvgIpc) is 2.72. The Morgan fingerprint density at radius 1 is 1.16 bits per heavy atom. The minimum Gasteiger partial charge on any atom is -0.504 e. The summed E-state index contributed by atoms with van der Waals surface area (Å²) >= 11 is 1.96. The summed E-state index contributed by atoms with van der Waals surface area (Å²) in [5, 5.41) is 12.5. The van der Waals surface area contributed by atoms with Crippen LogP contribution in [0.4, 0.5) is 4.79 Å². The molecule has 4 saturated carbocycles. The van der Waals surface area contributed by atoms with Crippen LogP contribution < -0.4 is 10.1 Å². The van der Waals surface area contributed by atoms with Crippen molar-refractivity contribution in [1.82, 2.24) is 10.2 Å². The monoisotopic (exact) mass is 550 g/mol. The zero-order valence-electron chi connectivity index (χ0n) is 18.2. The topological polar surface area (TPSA) is 95.9 Å². The standard InChI is InChI=1S/C24H27IN2O5/c1-12(24-9-14-3-15(10-24)5-16(4-14)11-24)27-22(30)17(21(29)26-23(27)31)6-13-7-18(25)20(28)19(8-13)32-2/h6-8,12,14-16,28H,3-5,9-11H2,1-2H3,(H,26,29,31)/b17-6+/t12-,14?,15?,16?,24?/m0/s1. The number of imide groups is 2. The van der Waals surface area contributed by atoms with Crippen molar-refractivity contribution in [3.05, 3.63) is 26.8 Å². The second-order valence-corrected chi connectivity index (χ2v) is 11.2. The van der Waals surface area contributed by atoms with Gasteiger partial charge in [-0.05, 0) is 115 Å². The van der Waals surface area contributed by atoms with Gasteiger partial charge in [0.25, 0.3) is 11.8 Å². The molecule has 0 radical (unpaired) electrons. The molecule has 1 atom stereocenters. The van der Waals surface area contributed by atoms with E-state index in [1.54, 1.807) is 12.1 Å². The van der Waals surface area contributed by atoms with E-state index in [-0.39, 0.29) is 28.5 Å². The second kappa shape index (κ2) is 7.74. The zero-order chi connectivity index (χ0) is 22.8. The molecule has 6 rings (SSSR count). The number of phenols is 1. The molecule has 2 N–H and O–H groups in total. The fourth-order valence-corrected chi connectivity index (χ4v) is 7.61. The largest absolute Gasteiger partial charge is 0.504 e. The fraction of sp³-hybridized carbons (Fsp3) is 0.542. The summed E-state index contributed by atoms with van der Waals surface area (Å²) < 4.78 is 5.72. The van der Waals surface area contributed by atoms with E-state index in [1.165, 1.54) is 37.3 Å². The van der Waals surface area contributed by atoms with Gasteiger partial charge < -0.3 is 9.84 Å². The normalized spacial score (nSPS) is 33.6. The molecule has 1 aromatic carbocycles. The number of benzene rings is 1. The fourth-order valence-electron chi connectivity index (χ4n) is 6.99. The van der Waals surface area contributed by atoms with Crippen LogP contribution in [0.2, 0.25) is 0 Å². The van der Waals surface area contributed by atoms with Gasteiger partial charge in [0.05, 0.1) is 10.7 Å². The summed E-state index contributed by atoms with van der Waals surface area (Å²) in [6, 6.07) is 2.33. The van der Waals surface area contributed by atoms with Crippen LogP contribution in [0.3, 0.4) is 0 Å². The molecule has 5 fully saturated rings. The van der Waals surface area contributed by atoms with Crippen LogP contribution in [0.1, 0.15) is 51.0 Å². The van der Waals surface area contributed by atoms with Gasteiger partial charge in [0, 0.05) is 6.04 Å². The Balaban J connectivity index is 1.48. The molecule has 0 spiro atoms. The maximum absolute atomic E-state index is 13.5. The van der Waals surface area contributed by atoms with Crippen molar-refractivity contribution < 1.29 is 24.2 Å². The van der Waals surface area contributed by atoms with Crippen molar-refractivity contribution in [3.63, 3.8) is 0 Å². The summed E-state index contributed by atoms with van der Waals surface area (Å²) in [6.07, 6.45) is 8.45. The molecule has 1 aromatic rings. The van der Waals surface area contributed by atoms with Gasteiger partial charge in [-0.2, -0.15) is 0 Å². The first-order valence-corrected chi connectivity index (χ1v) is 12.3. The highest BCUT2D eigenvalue weighted by atomic mass is 127. The number of aromatic hydroxyl groups is 1. The number of phenolic OH excluding ortho intramolecular Hbond substituents is 1. The SMILES string of the molecule is COc1cc(/C=C2\C(=O)NC(=O)N([C@@H](C)C34CC5CC(CC(C5)C3)C4)C2=O)cc(I)c1O. The second-order valence-electron chi connectivity index (χ2n) is 10.0. The third kappa shape index (κ3) is 3.41. The highest BCUT2D eigenvalue weighted by molar-refractivity contribution is 14.1. The maximum Gasteiger partial charge on any atom is 0.331 e. The minimum absolute atomic E-state index is 0.00177. The number of carbonyl (C=O) groups is 3. The maximum atomic E-state index is 13.5. The third-order valence-electron chi connectivity index (χ3n) is 8.07. The summed E-state index contributed by atoms with van der Waals surface area (Å²) in [5.41, 5.74) is 0.411. The van der Waals surface area contributed by atoms with E-state index in [2.05, 4.69) is 5.32 Å². The Morgan fingerprint density at radius 3 is 2.31 bits per heavy atom. The Labute approximate surface area is 200 Å². The van der Waals surface area contributed by atoms with Crippen molar-refractivity contribution in [2.24, 2.45) is 23.2 Å². The number of nitrogens with one attached hydrogen (secondary N) is 1. The first-order chi connectivity index (χ1) is 15.2. The lowest BCUT2D eigenvalue weighted by atomic mass is 9.47. The average molecular weight is 550 g/mol. The summed E-state index contributed by atoms with van der Waals surface area (Å²) in [4.78, 5) is 40.2. The highest BCUT2D eigenvalue weighted by Crippen LogP contribution is 2.62. The van der Waals surface area contributed by atoms with Crippen LogP contribution >= 0.6 is 22.6 Å². The molecule has 32 heavy (non-hydrogen) atoms. The number of barbiturate groups is 1. The van der Waals surface area contributed by atoms with E-state index in [0.717, 1.165) is 19.3 Å². The predicted octanol–water partition coefficient (Wildman–Crippen LogP) is 4.07.